The van der Waals surface area contributed by atoms with Gasteiger partial charge in [0.25, 0.3) is 0 Å². The highest BCUT2D eigenvalue weighted by Crippen LogP contribution is 2.47. The lowest BCUT2D eigenvalue weighted by Crippen LogP contribution is -2.62. The molecule has 0 spiro atoms. The third-order valence-electron chi connectivity index (χ3n) is 7.09. The van der Waals surface area contributed by atoms with Gasteiger partial charge >= 0.3 is 6.09 Å². The standard InChI is InChI=1S/C24H31ClFN5O2S/c1-6-12-10-15-14-9-8-13(31(14)23(32)33-24(3,4)5)11-30(15)21-16-18(12)27-20(25)17(26)19(16)28-22(29-21)34-7-2/h12-15H,6-11H2,1-5H3/t12-,13+,14-,15+/m0/s1. The van der Waals surface area contributed by atoms with Crippen LogP contribution in [-0.2, 0) is 4.74 Å². The monoisotopic (exact) mass is 507 g/mol. The summed E-state index contributed by atoms with van der Waals surface area (Å²) in [4.78, 5) is 31.4. The molecule has 2 fully saturated rings. The van der Waals surface area contributed by atoms with Gasteiger partial charge < -0.3 is 9.64 Å². The molecule has 5 rings (SSSR count). The number of rotatable bonds is 3. The molecule has 0 N–H and O–H groups in total. The van der Waals surface area contributed by atoms with Gasteiger partial charge in [-0.1, -0.05) is 37.2 Å². The minimum absolute atomic E-state index is 0.00424. The Bertz CT molecular complexity index is 1140. The lowest BCUT2D eigenvalue weighted by Gasteiger charge is -2.47. The normalized spacial score (nSPS) is 26.0. The van der Waals surface area contributed by atoms with Gasteiger partial charge in [0.05, 0.1) is 29.2 Å². The van der Waals surface area contributed by atoms with Crippen molar-refractivity contribution in [2.75, 3.05) is 17.2 Å². The smallest absolute Gasteiger partial charge is 0.410 e. The second-order valence-corrected chi connectivity index (χ2v) is 11.9. The molecule has 34 heavy (non-hydrogen) atoms. The second kappa shape index (κ2) is 8.66. The maximum absolute atomic E-state index is 15.2. The van der Waals surface area contributed by atoms with Crippen LogP contribution in [0.4, 0.5) is 15.0 Å². The van der Waals surface area contributed by atoms with E-state index in [0.717, 1.165) is 42.9 Å². The zero-order chi connectivity index (χ0) is 24.4. The van der Waals surface area contributed by atoms with E-state index in [4.69, 9.17) is 21.3 Å². The molecule has 3 aliphatic heterocycles. The summed E-state index contributed by atoms with van der Waals surface area (Å²) in [7, 11) is 0. The predicted molar refractivity (Wildman–Crippen MR) is 132 cm³/mol. The molecule has 0 saturated carbocycles. The Labute approximate surface area is 208 Å². The van der Waals surface area contributed by atoms with Gasteiger partial charge in [0.1, 0.15) is 16.9 Å². The van der Waals surface area contributed by atoms with E-state index < -0.39 is 11.4 Å². The topological polar surface area (TPSA) is 71.5 Å². The molecule has 0 aliphatic carbocycles. The fourth-order valence-corrected chi connectivity index (χ4v) is 6.50. The molecule has 1 amide bonds. The van der Waals surface area contributed by atoms with Gasteiger partial charge in [-0.3, -0.25) is 4.90 Å². The first-order chi connectivity index (χ1) is 16.1. The van der Waals surface area contributed by atoms with E-state index in [2.05, 4.69) is 21.8 Å². The summed E-state index contributed by atoms with van der Waals surface area (Å²) in [6.07, 6.45) is 3.17. The molecule has 0 aromatic carbocycles. The van der Waals surface area contributed by atoms with E-state index in [1.54, 1.807) is 0 Å². The molecule has 2 bridgehead atoms. The Hall–Kier alpha value is -1.87. The molecule has 7 nitrogen and oxygen atoms in total. The van der Waals surface area contributed by atoms with Crippen LogP contribution in [0.1, 0.15) is 71.9 Å². The average Bonchev–Trinajstić information content (AvgIpc) is 3.03. The minimum atomic E-state index is -0.592. The summed E-state index contributed by atoms with van der Waals surface area (Å²) in [5, 5.41) is 1.06. The molecule has 4 atom stereocenters. The number of hydrogen-bond acceptors (Lipinski definition) is 7. The van der Waals surface area contributed by atoms with Crippen LogP contribution in [0, 0.1) is 5.82 Å². The summed E-state index contributed by atoms with van der Waals surface area (Å²) in [5.74, 6) is 0.961. The first-order valence-corrected chi connectivity index (χ1v) is 13.5. The minimum Gasteiger partial charge on any atom is -0.444 e. The number of aromatic nitrogens is 3. The number of pyridine rings is 1. The number of ether oxygens (including phenoxy) is 1. The van der Waals surface area contributed by atoms with Crippen LogP contribution in [0.2, 0.25) is 5.15 Å². The van der Waals surface area contributed by atoms with E-state index in [1.165, 1.54) is 11.8 Å². The summed E-state index contributed by atoms with van der Waals surface area (Å²) in [6.45, 7) is 10.4. The Morgan fingerprint density at radius 1 is 1.21 bits per heavy atom. The molecule has 0 unspecified atom stereocenters. The van der Waals surface area contributed by atoms with Crippen LogP contribution in [0.5, 0.6) is 0 Å². The molecule has 2 saturated heterocycles. The van der Waals surface area contributed by atoms with Crippen molar-refractivity contribution in [2.24, 2.45) is 0 Å². The Morgan fingerprint density at radius 3 is 2.65 bits per heavy atom. The molecule has 5 heterocycles. The number of nitrogens with zero attached hydrogens (tertiary/aromatic N) is 5. The zero-order valence-corrected chi connectivity index (χ0v) is 21.8. The highest BCUT2D eigenvalue weighted by atomic mass is 35.5. The number of amides is 1. The van der Waals surface area contributed by atoms with Crippen LogP contribution < -0.4 is 4.90 Å². The molecule has 10 heteroatoms. The number of piperazine rings is 1. The van der Waals surface area contributed by atoms with Crippen molar-refractivity contribution in [3.05, 3.63) is 16.7 Å². The highest BCUT2D eigenvalue weighted by Gasteiger charge is 2.52. The van der Waals surface area contributed by atoms with Gasteiger partial charge in [-0.15, -0.1) is 0 Å². The summed E-state index contributed by atoms with van der Waals surface area (Å²) < 4.78 is 21.0. The molecule has 2 aromatic rings. The Balaban J connectivity index is 1.66. The van der Waals surface area contributed by atoms with Crippen LogP contribution in [0.25, 0.3) is 10.9 Å². The van der Waals surface area contributed by atoms with E-state index in [9.17, 15) is 4.79 Å². The van der Waals surface area contributed by atoms with Crippen molar-refractivity contribution in [2.45, 2.75) is 95.1 Å². The van der Waals surface area contributed by atoms with Crippen molar-refractivity contribution in [3.8, 4) is 0 Å². The molecular weight excluding hydrogens is 477 g/mol. The number of carbonyl (C=O) groups is 1. The number of carbonyl (C=O) groups excluding carboxylic acids is 1. The number of anilines is 1. The lowest BCUT2D eigenvalue weighted by molar-refractivity contribution is 0.00686. The highest BCUT2D eigenvalue weighted by molar-refractivity contribution is 7.99. The van der Waals surface area contributed by atoms with E-state index >= 15 is 4.39 Å². The summed E-state index contributed by atoms with van der Waals surface area (Å²) >= 11 is 7.74. The number of thioether (sulfide) groups is 1. The van der Waals surface area contributed by atoms with Crippen LogP contribution in [0.3, 0.4) is 0 Å². The van der Waals surface area contributed by atoms with Gasteiger partial charge in [0.15, 0.2) is 16.1 Å². The number of hydrogen-bond donors (Lipinski definition) is 0. The van der Waals surface area contributed by atoms with E-state index in [0.29, 0.717) is 17.1 Å². The lowest BCUT2D eigenvalue weighted by atomic mass is 9.89. The fourth-order valence-electron chi connectivity index (χ4n) is 5.76. The van der Waals surface area contributed by atoms with Gasteiger partial charge in [-0.2, -0.15) is 0 Å². The van der Waals surface area contributed by atoms with E-state index in [-0.39, 0.29) is 40.8 Å². The molecule has 0 radical (unpaired) electrons. The quantitative estimate of drug-likeness (QED) is 0.296. The second-order valence-electron chi connectivity index (χ2n) is 10.3. The number of halogens is 2. The van der Waals surface area contributed by atoms with Gasteiger partial charge in [0.2, 0.25) is 0 Å². The summed E-state index contributed by atoms with van der Waals surface area (Å²) in [6, 6.07) is 0.0598. The van der Waals surface area contributed by atoms with Gasteiger partial charge in [-0.25, -0.2) is 24.1 Å². The summed E-state index contributed by atoms with van der Waals surface area (Å²) in [5.41, 5.74) is 0.459. The molecule has 3 aliphatic rings. The average molecular weight is 508 g/mol. The van der Waals surface area contributed by atoms with Crippen molar-refractivity contribution in [1.82, 2.24) is 19.9 Å². The fraction of sp³-hybridized carbons (Fsp3) is 0.667. The van der Waals surface area contributed by atoms with E-state index in [1.807, 2.05) is 32.6 Å². The zero-order valence-electron chi connectivity index (χ0n) is 20.3. The van der Waals surface area contributed by atoms with Crippen molar-refractivity contribution >= 4 is 46.2 Å². The van der Waals surface area contributed by atoms with Crippen LogP contribution in [-0.4, -0.2) is 62.0 Å². The maximum Gasteiger partial charge on any atom is 0.410 e. The van der Waals surface area contributed by atoms with Crippen molar-refractivity contribution < 1.29 is 13.9 Å². The van der Waals surface area contributed by atoms with Crippen LogP contribution >= 0.6 is 23.4 Å². The van der Waals surface area contributed by atoms with Crippen LogP contribution in [0.15, 0.2) is 5.16 Å². The van der Waals surface area contributed by atoms with Crippen molar-refractivity contribution in [1.29, 1.82) is 0 Å². The third-order valence-corrected chi connectivity index (χ3v) is 8.07. The largest absolute Gasteiger partial charge is 0.444 e. The Kier molecular flexibility index (Phi) is 6.07. The van der Waals surface area contributed by atoms with Crippen molar-refractivity contribution in [3.63, 3.8) is 0 Å². The molecule has 2 aromatic heterocycles. The SMILES string of the molecule is CCSc1nc2c3c(nc(Cl)c(F)c3n1)[C@@H](CC)C[C@@H]1[C@@H]3CC[C@H](CN21)N3C(=O)OC(C)(C)C. The predicted octanol–water partition coefficient (Wildman–Crippen LogP) is 5.78. The molecular formula is C24H31ClFN5O2S. The third kappa shape index (κ3) is 3.88. The van der Waals surface area contributed by atoms with Gasteiger partial charge in [0, 0.05) is 12.5 Å². The first kappa shape index (κ1) is 23.9. The maximum atomic E-state index is 15.2. The molecule has 184 valence electrons. The Morgan fingerprint density at radius 2 is 1.97 bits per heavy atom. The van der Waals surface area contributed by atoms with Gasteiger partial charge in [-0.05, 0) is 52.2 Å². The first-order valence-electron chi connectivity index (χ1n) is 12.1. The number of fused-ring (bicyclic) bond motifs is 5.